The molecule has 1 aromatic carbocycles. The average molecular weight is 205 g/mol. The van der Waals surface area contributed by atoms with Gasteiger partial charge in [-0.25, -0.2) is 0 Å². The number of rotatable bonds is 3. The van der Waals surface area contributed by atoms with Crippen molar-refractivity contribution < 1.29 is 14.7 Å². The van der Waals surface area contributed by atoms with Crippen LogP contribution in [0, 0.1) is 0 Å². The molecule has 1 aliphatic rings. The molecule has 2 rings (SSSR count). The zero-order chi connectivity index (χ0) is 10.8. The summed E-state index contributed by atoms with van der Waals surface area (Å²) in [6.45, 7) is 0. The Bertz CT molecular complexity index is 414. The molecule has 1 aromatic rings. The van der Waals surface area contributed by atoms with Crippen molar-refractivity contribution in [1.29, 1.82) is 0 Å². The average Bonchev–Trinajstić information content (AvgIpc) is 2.50. The number of carboxylic acid groups (broad SMARTS) is 1. The molecule has 0 saturated carbocycles. The zero-order valence-electron chi connectivity index (χ0n) is 8.06. The van der Waals surface area contributed by atoms with Gasteiger partial charge in [-0.15, -0.1) is 0 Å². The van der Waals surface area contributed by atoms with E-state index in [1.807, 2.05) is 24.3 Å². The van der Waals surface area contributed by atoms with E-state index >= 15 is 0 Å². The molecule has 0 radical (unpaired) electrons. The maximum absolute atomic E-state index is 11.5. The predicted octanol–water partition coefficient (Wildman–Crippen LogP) is 1.59. The van der Waals surface area contributed by atoms with Gasteiger partial charge >= 0.3 is 5.97 Å². The molecule has 2 N–H and O–H groups in total. The van der Waals surface area contributed by atoms with Crippen molar-refractivity contribution in [3.63, 3.8) is 0 Å². The van der Waals surface area contributed by atoms with Gasteiger partial charge in [-0.1, -0.05) is 18.2 Å². The molecule has 15 heavy (non-hydrogen) atoms. The highest BCUT2D eigenvalue weighted by atomic mass is 16.4. The Morgan fingerprint density at radius 3 is 2.87 bits per heavy atom. The van der Waals surface area contributed by atoms with E-state index in [0.29, 0.717) is 6.42 Å². The number of carboxylic acids is 1. The van der Waals surface area contributed by atoms with Crippen LogP contribution in [0.4, 0.5) is 5.69 Å². The number of amides is 1. The van der Waals surface area contributed by atoms with Crippen molar-refractivity contribution in [3.8, 4) is 0 Å². The SMILES string of the molecule is O=C(O)CC[C@@H]1C(=O)Nc2ccccc21. The quantitative estimate of drug-likeness (QED) is 0.787. The summed E-state index contributed by atoms with van der Waals surface area (Å²) in [4.78, 5) is 22.0. The number of para-hydroxylation sites is 1. The second-order valence-corrected chi connectivity index (χ2v) is 3.56. The maximum Gasteiger partial charge on any atom is 0.303 e. The van der Waals surface area contributed by atoms with E-state index < -0.39 is 5.97 Å². The maximum atomic E-state index is 11.5. The monoisotopic (exact) mass is 205 g/mol. The van der Waals surface area contributed by atoms with Crippen LogP contribution in [0.3, 0.4) is 0 Å². The van der Waals surface area contributed by atoms with E-state index in [0.717, 1.165) is 11.3 Å². The molecular formula is C11H11NO3. The summed E-state index contributed by atoms with van der Waals surface area (Å²) in [5.74, 6) is -1.28. The van der Waals surface area contributed by atoms with E-state index in [1.165, 1.54) is 0 Å². The highest BCUT2D eigenvalue weighted by molar-refractivity contribution is 6.02. The normalized spacial score (nSPS) is 18.4. The molecule has 0 bridgehead atoms. The first-order chi connectivity index (χ1) is 7.18. The van der Waals surface area contributed by atoms with Crippen LogP contribution in [0.25, 0.3) is 0 Å². The summed E-state index contributed by atoms with van der Waals surface area (Å²) < 4.78 is 0. The van der Waals surface area contributed by atoms with Gasteiger partial charge in [0.05, 0.1) is 5.92 Å². The first kappa shape index (κ1) is 9.71. The van der Waals surface area contributed by atoms with Crippen LogP contribution in [0.1, 0.15) is 24.3 Å². The summed E-state index contributed by atoms with van der Waals surface area (Å²) in [7, 11) is 0. The summed E-state index contributed by atoms with van der Waals surface area (Å²) in [5, 5.41) is 11.3. The third kappa shape index (κ3) is 1.83. The first-order valence-electron chi connectivity index (χ1n) is 4.80. The van der Waals surface area contributed by atoms with Crippen LogP contribution < -0.4 is 5.32 Å². The van der Waals surface area contributed by atoms with Gasteiger partial charge in [-0.3, -0.25) is 9.59 Å². The van der Waals surface area contributed by atoms with Crippen molar-refractivity contribution in [2.45, 2.75) is 18.8 Å². The summed E-state index contributed by atoms with van der Waals surface area (Å²) in [5.41, 5.74) is 1.71. The van der Waals surface area contributed by atoms with Gasteiger partial charge in [-0.05, 0) is 18.1 Å². The molecule has 78 valence electrons. The van der Waals surface area contributed by atoms with Crippen molar-refractivity contribution >= 4 is 17.6 Å². The van der Waals surface area contributed by atoms with Crippen LogP contribution in [0.2, 0.25) is 0 Å². The smallest absolute Gasteiger partial charge is 0.303 e. The zero-order valence-corrected chi connectivity index (χ0v) is 8.06. The number of benzene rings is 1. The first-order valence-corrected chi connectivity index (χ1v) is 4.80. The fraction of sp³-hybridized carbons (Fsp3) is 0.273. The minimum Gasteiger partial charge on any atom is -0.481 e. The minimum atomic E-state index is -0.868. The Hall–Kier alpha value is -1.84. The van der Waals surface area contributed by atoms with Crippen molar-refractivity contribution in [1.82, 2.24) is 0 Å². The molecule has 0 spiro atoms. The molecule has 1 heterocycles. The van der Waals surface area contributed by atoms with E-state index in [9.17, 15) is 9.59 Å². The summed E-state index contributed by atoms with van der Waals surface area (Å²) >= 11 is 0. The van der Waals surface area contributed by atoms with Crippen molar-refractivity contribution in [2.75, 3.05) is 5.32 Å². The van der Waals surface area contributed by atoms with E-state index in [-0.39, 0.29) is 18.2 Å². The minimum absolute atomic E-state index is 0.0203. The molecule has 0 fully saturated rings. The number of hydrogen-bond acceptors (Lipinski definition) is 2. The van der Waals surface area contributed by atoms with Gasteiger partial charge in [0.2, 0.25) is 5.91 Å². The second-order valence-electron chi connectivity index (χ2n) is 3.56. The van der Waals surface area contributed by atoms with E-state index in [2.05, 4.69) is 5.32 Å². The van der Waals surface area contributed by atoms with Gasteiger partial charge < -0.3 is 10.4 Å². The summed E-state index contributed by atoms with van der Waals surface area (Å²) in [6, 6.07) is 7.39. The number of carbonyl (C=O) groups is 2. The number of fused-ring (bicyclic) bond motifs is 1. The molecule has 4 nitrogen and oxygen atoms in total. The van der Waals surface area contributed by atoms with Gasteiger partial charge in [0.1, 0.15) is 0 Å². The fourth-order valence-corrected chi connectivity index (χ4v) is 1.83. The lowest BCUT2D eigenvalue weighted by Crippen LogP contribution is -2.13. The van der Waals surface area contributed by atoms with Crippen LogP contribution in [0.5, 0.6) is 0 Å². The molecule has 4 heteroatoms. The Kier molecular flexibility index (Phi) is 2.41. The number of nitrogens with one attached hydrogen (secondary N) is 1. The van der Waals surface area contributed by atoms with E-state index in [4.69, 9.17) is 5.11 Å². The number of aliphatic carboxylic acids is 1. The molecule has 0 unspecified atom stereocenters. The fourth-order valence-electron chi connectivity index (χ4n) is 1.83. The Morgan fingerprint density at radius 1 is 1.40 bits per heavy atom. The van der Waals surface area contributed by atoms with Crippen LogP contribution >= 0.6 is 0 Å². The number of hydrogen-bond donors (Lipinski definition) is 2. The molecule has 1 aliphatic heterocycles. The largest absolute Gasteiger partial charge is 0.481 e. The molecule has 1 amide bonds. The predicted molar refractivity (Wildman–Crippen MR) is 54.7 cm³/mol. The topological polar surface area (TPSA) is 66.4 Å². The van der Waals surface area contributed by atoms with Crippen LogP contribution in [-0.4, -0.2) is 17.0 Å². The molecule has 0 saturated heterocycles. The third-order valence-electron chi connectivity index (χ3n) is 2.56. The van der Waals surface area contributed by atoms with Crippen LogP contribution in [0.15, 0.2) is 24.3 Å². The lowest BCUT2D eigenvalue weighted by molar-refractivity contribution is -0.137. The lowest BCUT2D eigenvalue weighted by atomic mass is 9.96. The van der Waals surface area contributed by atoms with E-state index in [1.54, 1.807) is 0 Å². The lowest BCUT2D eigenvalue weighted by Gasteiger charge is -2.05. The Balaban J connectivity index is 2.18. The van der Waals surface area contributed by atoms with Gasteiger partial charge in [0, 0.05) is 12.1 Å². The Labute approximate surface area is 86.9 Å². The Morgan fingerprint density at radius 2 is 2.13 bits per heavy atom. The standard InChI is InChI=1S/C11H11NO3/c13-10(14)6-5-8-7-3-1-2-4-9(7)12-11(8)15/h1-4,8H,5-6H2,(H,12,15)(H,13,14)/t8-/m0/s1. The molecule has 1 atom stereocenters. The van der Waals surface area contributed by atoms with Crippen LogP contribution in [-0.2, 0) is 9.59 Å². The summed E-state index contributed by atoms with van der Waals surface area (Å²) in [6.07, 6.45) is 0.380. The third-order valence-corrected chi connectivity index (χ3v) is 2.56. The van der Waals surface area contributed by atoms with Crippen molar-refractivity contribution in [3.05, 3.63) is 29.8 Å². The molecule has 0 aromatic heterocycles. The van der Waals surface area contributed by atoms with Crippen molar-refractivity contribution in [2.24, 2.45) is 0 Å². The van der Waals surface area contributed by atoms with Gasteiger partial charge in [0.25, 0.3) is 0 Å². The highest BCUT2D eigenvalue weighted by Crippen LogP contribution is 2.34. The van der Waals surface area contributed by atoms with Gasteiger partial charge in [-0.2, -0.15) is 0 Å². The van der Waals surface area contributed by atoms with Gasteiger partial charge in [0.15, 0.2) is 0 Å². The molecular weight excluding hydrogens is 194 g/mol. The number of anilines is 1. The second kappa shape index (κ2) is 3.73. The number of carbonyl (C=O) groups excluding carboxylic acids is 1. The molecule has 0 aliphatic carbocycles. The highest BCUT2D eigenvalue weighted by Gasteiger charge is 2.29.